The van der Waals surface area contributed by atoms with Gasteiger partial charge in [0.2, 0.25) is 0 Å². The average molecular weight is 375 g/mol. The molecule has 0 fully saturated rings. The molecule has 0 saturated heterocycles. The van der Waals surface area contributed by atoms with E-state index in [1.807, 2.05) is 29.2 Å². The molecule has 0 spiro atoms. The number of para-hydroxylation sites is 1. The molecule has 6 nitrogen and oxygen atoms in total. The van der Waals surface area contributed by atoms with E-state index in [2.05, 4.69) is 15.6 Å². The number of carbonyl (C=O) groups is 2. The topological polar surface area (TPSA) is 70.7 Å². The lowest BCUT2D eigenvalue weighted by Crippen LogP contribution is -2.47. The molecule has 142 valence electrons. The van der Waals surface area contributed by atoms with Crippen molar-refractivity contribution in [3.63, 3.8) is 0 Å². The molecule has 27 heavy (non-hydrogen) atoms. The second kappa shape index (κ2) is 8.48. The molecular formula is C19H19F2N3O3. The van der Waals surface area contributed by atoms with Crippen molar-refractivity contribution in [1.29, 1.82) is 0 Å². The van der Waals surface area contributed by atoms with Crippen LogP contribution in [0.5, 0.6) is 5.75 Å². The number of nitrogens with one attached hydrogen (secondary N) is 2. The number of rotatable bonds is 5. The number of benzene rings is 2. The summed E-state index contributed by atoms with van der Waals surface area (Å²) in [5, 5.41) is 0. The minimum Gasteiger partial charge on any atom is -0.435 e. The number of hydrazine groups is 1. The summed E-state index contributed by atoms with van der Waals surface area (Å²) in [6, 6.07) is 13.1. The Kier molecular flexibility index (Phi) is 5.85. The molecule has 2 aromatic rings. The van der Waals surface area contributed by atoms with Crippen molar-refractivity contribution in [2.45, 2.75) is 19.5 Å². The SMILES string of the molecule is O=C(CN1CCCc2ccccc21)NNC(=O)c1ccc(OC(F)F)cc1. The van der Waals surface area contributed by atoms with Gasteiger partial charge in [0.25, 0.3) is 11.8 Å². The van der Waals surface area contributed by atoms with Crippen LogP contribution in [-0.4, -0.2) is 31.5 Å². The van der Waals surface area contributed by atoms with E-state index in [0.717, 1.165) is 25.1 Å². The monoisotopic (exact) mass is 375 g/mol. The molecular weight excluding hydrogens is 356 g/mol. The third-order valence-electron chi connectivity index (χ3n) is 4.20. The fourth-order valence-electron chi connectivity index (χ4n) is 2.98. The Balaban J connectivity index is 1.51. The number of amides is 2. The van der Waals surface area contributed by atoms with Gasteiger partial charge in [0, 0.05) is 17.8 Å². The van der Waals surface area contributed by atoms with Crippen molar-refractivity contribution < 1.29 is 23.1 Å². The first-order chi connectivity index (χ1) is 13.0. The molecule has 0 atom stereocenters. The number of ether oxygens (including phenoxy) is 1. The van der Waals surface area contributed by atoms with Crippen molar-refractivity contribution in [3.8, 4) is 5.75 Å². The number of aryl methyl sites for hydroxylation is 1. The second-order valence-electron chi connectivity index (χ2n) is 6.06. The first-order valence-corrected chi connectivity index (χ1v) is 8.50. The van der Waals surface area contributed by atoms with Crippen LogP contribution < -0.4 is 20.5 Å². The number of anilines is 1. The molecule has 0 aliphatic carbocycles. The summed E-state index contributed by atoms with van der Waals surface area (Å²) in [5.74, 6) is -0.946. The Morgan fingerprint density at radius 1 is 1.07 bits per heavy atom. The van der Waals surface area contributed by atoms with Crippen LogP contribution in [0.1, 0.15) is 22.3 Å². The van der Waals surface area contributed by atoms with Crippen LogP contribution in [-0.2, 0) is 11.2 Å². The molecule has 8 heteroatoms. The molecule has 3 rings (SSSR count). The summed E-state index contributed by atoms with van der Waals surface area (Å²) in [4.78, 5) is 26.2. The van der Waals surface area contributed by atoms with Crippen LogP contribution in [0.15, 0.2) is 48.5 Å². The molecule has 0 radical (unpaired) electrons. The van der Waals surface area contributed by atoms with Gasteiger partial charge in [-0.25, -0.2) is 0 Å². The lowest BCUT2D eigenvalue weighted by molar-refractivity contribution is -0.120. The summed E-state index contributed by atoms with van der Waals surface area (Å²) in [6.45, 7) is -2.04. The van der Waals surface area contributed by atoms with Crippen molar-refractivity contribution in [1.82, 2.24) is 10.9 Å². The van der Waals surface area contributed by atoms with Gasteiger partial charge in [-0.2, -0.15) is 8.78 Å². The van der Waals surface area contributed by atoms with E-state index in [1.165, 1.54) is 29.8 Å². The predicted molar refractivity (Wildman–Crippen MR) is 95.7 cm³/mol. The number of nitrogens with zero attached hydrogens (tertiary/aromatic N) is 1. The van der Waals surface area contributed by atoms with E-state index in [9.17, 15) is 18.4 Å². The van der Waals surface area contributed by atoms with Gasteiger partial charge in [-0.3, -0.25) is 20.4 Å². The van der Waals surface area contributed by atoms with Gasteiger partial charge < -0.3 is 9.64 Å². The van der Waals surface area contributed by atoms with E-state index < -0.39 is 12.5 Å². The summed E-state index contributed by atoms with van der Waals surface area (Å²) < 4.78 is 28.5. The van der Waals surface area contributed by atoms with Gasteiger partial charge >= 0.3 is 6.61 Å². The zero-order valence-corrected chi connectivity index (χ0v) is 14.5. The maximum absolute atomic E-state index is 12.2. The maximum atomic E-state index is 12.2. The fourth-order valence-corrected chi connectivity index (χ4v) is 2.98. The highest BCUT2D eigenvalue weighted by Gasteiger charge is 2.19. The number of alkyl halides is 2. The Morgan fingerprint density at radius 3 is 2.56 bits per heavy atom. The van der Waals surface area contributed by atoms with Gasteiger partial charge in [-0.1, -0.05) is 18.2 Å². The molecule has 1 heterocycles. The largest absolute Gasteiger partial charge is 0.435 e. The molecule has 0 aromatic heterocycles. The van der Waals surface area contributed by atoms with Gasteiger partial charge in [-0.05, 0) is 48.7 Å². The van der Waals surface area contributed by atoms with Crippen LogP contribution in [0, 0.1) is 0 Å². The van der Waals surface area contributed by atoms with E-state index in [1.54, 1.807) is 0 Å². The Hall–Kier alpha value is -3.16. The highest BCUT2D eigenvalue weighted by Crippen LogP contribution is 2.26. The number of hydrogen-bond donors (Lipinski definition) is 2. The first-order valence-electron chi connectivity index (χ1n) is 8.50. The lowest BCUT2D eigenvalue weighted by atomic mass is 10.0. The van der Waals surface area contributed by atoms with E-state index in [4.69, 9.17) is 0 Å². The molecule has 0 unspecified atom stereocenters. The van der Waals surface area contributed by atoms with Gasteiger partial charge in [0.1, 0.15) is 5.75 Å². The molecule has 2 amide bonds. The summed E-state index contributed by atoms with van der Waals surface area (Å²) >= 11 is 0. The Bertz CT molecular complexity index is 812. The zero-order chi connectivity index (χ0) is 19.2. The average Bonchev–Trinajstić information content (AvgIpc) is 2.66. The molecule has 1 aliphatic rings. The van der Waals surface area contributed by atoms with Crippen LogP contribution >= 0.6 is 0 Å². The van der Waals surface area contributed by atoms with Crippen molar-refractivity contribution in [3.05, 3.63) is 59.7 Å². The standard InChI is InChI=1S/C19H19F2N3O3/c20-19(21)27-15-9-7-14(8-10-15)18(26)23-22-17(25)12-24-11-3-5-13-4-1-2-6-16(13)24/h1-2,4,6-10,19H,3,5,11-12H2,(H,22,25)(H,23,26). The maximum Gasteiger partial charge on any atom is 0.387 e. The number of carbonyl (C=O) groups excluding carboxylic acids is 2. The minimum absolute atomic E-state index is 0.0469. The van der Waals surface area contributed by atoms with Crippen LogP contribution in [0.3, 0.4) is 0 Å². The molecule has 0 bridgehead atoms. The molecule has 0 saturated carbocycles. The van der Waals surface area contributed by atoms with Crippen LogP contribution in [0.2, 0.25) is 0 Å². The van der Waals surface area contributed by atoms with Gasteiger partial charge in [0.15, 0.2) is 0 Å². The van der Waals surface area contributed by atoms with E-state index in [-0.39, 0.29) is 23.8 Å². The highest BCUT2D eigenvalue weighted by molar-refractivity contribution is 5.95. The lowest BCUT2D eigenvalue weighted by Gasteiger charge is -2.30. The second-order valence-corrected chi connectivity index (χ2v) is 6.06. The normalized spacial score (nSPS) is 13.1. The molecule has 2 N–H and O–H groups in total. The molecule has 1 aliphatic heterocycles. The van der Waals surface area contributed by atoms with Gasteiger partial charge in [-0.15, -0.1) is 0 Å². The minimum atomic E-state index is -2.93. The fraction of sp³-hybridized carbons (Fsp3) is 0.263. The van der Waals surface area contributed by atoms with Crippen molar-refractivity contribution in [2.24, 2.45) is 0 Å². The van der Waals surface area contributed by atoms with E-state index >= 15 is 0 Å². The summed E-state index contributed by atoms with van der Waals surface area (Å²) in [5.41, 5.74) is 7.13. The summed E-state index contributed by atoms with van der Waals surface area (Å²) in [7, 11) is 0. The summed E-state index contributed by atoms with van der Waals surface area (Å²) in [6.07, 6.45) is 1.94. The third-order valence-corrected chi connectivity index (χ3v) is 4.20. The van der Waals surface area contributed by atoms with Gasteiger partial charge in [0.05, 0.1) is 6.54 Å². The Morgan fingerprint density at radius 2 is 1.81 bits per heavy atom. The number of hydrogen-bond acceptors (Lipinski definition) is 4. The van der Waals surface area contributed by atoms with Crippen LogP contribution in [0.4, 0.5) is 14.5 Å². The van der Waals surface area contributed by atoms with Crippen molar-refractivity contribution >= 4 is 17.5 Å². The highest BCUT2D eigenvalue weighted by atomic mass is 19.3. The smallest absolute Gasteiger partial charge is 0.387 e. The number of fused-ring (bicyclic) bond motifs is 1. The molecule has 2 aromatic carbocycles. The van der Waals surface area contributed by atoms with Crippen molar-refractivity contribution in [2.75, 3.05) is 18.0 Å². The number of halogens is 2. The van der Waals surface area contributed by atoms with E-state index in [0.29, 0.717) is 0 Å². The zero-order valence-electron chi connectivity index (χ0n) is 14.5. The van der Waals surface area contributed by atoms with Crippen LogP contribution in [0.25, 0.3) is 0 Å². The first kappa shape index (κ1) is 18.6. The third kappa shape index (κ3) is 4.93. The quantitative estimate of drug-likeness (QED) is 0.788. The Labute approximate surface area is 155 Å². The predicted octanol–water partition coefficient (Wildman–Crippen LogP) is 2.50.